The van der Waals surface area contributed by atoms with Crippen molar-refractivity contribution in [2.24, 2.45) is 5.92 Å². The average molecular weight is 347 g/mol. The molecule has 102 valence electrons. The predicted molar refractivity (Wildman–Crippen MR) is 75.4 cm³/mol. The van der Waals surface area contributed by atoms with Gasteiger partial charge in [-0.25, -0.2) is 0 Å². The summed E-state index contributed by atoms with van der Waals surface area (Å²) in [6.07, 6.45) is 0.862. The van der Waals surface area contributed by atoms with Crippen molar-refractivity contribution in [1.82, 2.24) is 4.90 Å². The van der Waals surface area contributed by atoms with Crippen molar-refractivity contribution in [3.8, 4) is 0 Å². The van der Waals surface area contributed by atoms with Crippen LogP contribution in [0.5, 0.6) is 0 Å². The summed E-state index contributed by atoms with van der Waals surface area (Å²) < 4.78 is 0.682. The van der Waals surface area contributed by atoms with E-state index < -0.39 is 5.97 Å². The number of carboxylic acid groups (broad SMARTS) is 1. The Hall–Kier alpha value is -1.07. The van der Waals surface area contributed by atoms with Crippen LogP contribution in [0.15, 0.2) is 22.7 Å². The van der Waals surface area contributed by atoms with Gasteiger partial charge >= 0.3 is 5.97 Å². The molecule has 1 aliphatic rings. The van der Waals surface area contributed by atoms with E-state index in [4.69, 9.17) is 16.7 Å². The number of benzene rings is 1. The highest BCUT2D eigenvalue weighted by atomic mass is 79.9. The summed E-state index contributed by atoms with van der Waals surface area (Å²) >= 11 is 9.18. The van der Waals surface area contributed by atoms with Gasteiger partial charge in [0, 0.05) is 29.5 Å². The van der Waals surface area contributed by atoms with E-state index in [1.165, 1.54) is 0 Å². The maximum Gasteiger partial charge on any atom is 0.303 e. The summed E-state index contributed by atoms with van der Waals surface area (Å²) in [5.41, 5.74) is 0.562. The molecule has 1 saturated heterocycles. The monoisotopic (exact) mass is 345 g/mol. The Labute approximate surface area is 124 Å². The van der Waals surface area contributed by atoms with Crippen molar-refractivity contribution in [2.75, 3.05) is 13.1 Å². The molecule has 0 radical (unpaired) electrons. The van der Waals surface area contributed by atoms with Crippen LogP contribution < -0.4 is 0 Å². The molecule has 1 amide bonds. The van der Waals surface area contributed by atoms with E-state index in [-0.39, 0.29) is 18.2 Å². The molecule has 1 unspecified atom stereocenters. The van der Waals surface area contributed by atoms with Gasteiger partial charge in [0.2, 0.25) is 0 Å². The van der Waals surface area contributed by atoms with Crippen LogP contribution in [0.1, 0.15) is 23.2 Å². The predicted octanol–water partition coefficient (Wildman–Crippen LogP) is 3.04. The Morgan fingerprint density at radius 3 is 2.84 bits per heavy atom. The molecule has 6 heteroatoms. The van der Waals surface area contributed by atoms with Crippen molar-refractivity contribution in [3.63, 3.8) is 0 Å². The molecule has 1 N–H and O–H groups in total. The molecule has 2 rings (SSSR count). The van der Waals surface area contributed by atoms with Gasteiger partial charge in [-0.3, -0.25) is 9.59 Å². The van der Waals surface area contributed by atoms with Crippen molar-refractivity contribution < 1.29 is 14.7 Å². The van der Waals surface area contributed by atoms with Gasteiger partial charge in [0.15, 0.2) is 0 Å². The van der Waals surface area contributed by atoms with Gasteiger partial charge in [0.05, 0.1) is 5.02 Å². The van der Waals surface area contributed by atoms with Gasteiger partial charge in [0.1, 0.15) is 0 Å². The number of hydrogen-bond acceptors (Lipinski definition) is 2. The van der Waals surface area contributed by atoms with Crippen LogP contribution >= 0.6 is 27.5 Å². The number of hydrogen-bond donors (Lipinski definition) is 1. The molecular weight excluding hydrogens is 334 g/mol. The lowest BCUT2D eigenvalue weighted by molar-refractivity contribution is -0.138. The van der Waals surface area contributed by atoms with Crippen LogP contribution in [0.4, 0.5) is 0 Å². The number of nitrogens with zero attached hydrogens (tertiary/aromatic N) is 1. The summed E-state index contributed by atoms with van der Waals surface area (Å²) in [5, 5.41) is 9.32. The molecule has 1 aromatic carbocycles. The van der Waals surface area contributed by atoms with Crippen LogP contribution in [-0.2, 0) is 4.79 Å². The van der Waals surface area contributed by atoms with E-state index in [1.54, 1.807) is 23.1 Å². The van der Waals surface area contributed by atoms with E-state index in [9.17, 15) is 9.59 Å². The highest BCUT2D eigenvalue weighted by molar-refractivity contribution is 9.10. The highest BCUT2D eigenvalue weighted by Gasteiger charge is 2.28. The lowest BCUT2D eigenvalue weighted by Gasteiger charge is -2.16. The van der Waals surface area contributed by atoms with Crippen molar-refractivity contribution in [2.45, 2.75) is 12.8 Å². The maximum absolute atomic E-state index is 12.3. The summed E-state index contributed by atoms with van der Waals surface area (Å²) in [6.45, 7) is 1.11. The van der Waals surface area contributed by atoms with Crippen LogP contribution in [0.25, 0.3) is 0 Å². The molecule has 1 heterocycles. The zero-order valence-electron chi connectivity index (χ0n) is 10.1. The van der Waals surface area contributed by atoms with Crippen molar-refractivity contribution in [3.05, 3.63) is 33.3 Å². The van der Waals surface area contributed by atoms with Gasteiger partial charge in [0.25, 0.3) is 5.91 Å². The Morgan fingerprint density at radius 2 is 2.21 bits per heavy atom. The molecule has 0 bridgehead atoms. The number of halogens is 2. The van der Waals surface area contributed by atoms with Crippen LogP contribution in [0.2, 0.25) is 5.02 Å². The summed E-state index contributed by atoms with van der Waals surface area (Å²) in [5.74, 6) is -0.837. The molecule has 0 aromatic heterocycles. The van der Waals surface area contributed by atoms with Gasteiger partial charge in [-0.15, -0.1) is 0 Å². The molecule has 0 saturated carbocycles. The first-order valence-electron chi connectivity index (χ1n) is 5.93. The molecule has 1 aromatic rings. The van der Waals surface area contributed by atoms with E-state index in [0.717, 1.165) is 6.42 Å². The Balaban J connectivity index is 2.04. The lowest BCUT2D eigenvalue weighted by Crippen LogP contribution is -2.29. The van der Waals surface area contributed by atoms with Gasteiger partial charge in [-0.1, -0.05) is 11.6 Å². The van der Waals surface area contributed by atoms with Crippen LogP contribution in [0.3, 0.4) is 0 Å². The number of carboxylic acids is 1. The fraction of sp³-hybridized carbons (Fsp3) is 0.385. The molecule has 4 nitrogen and oxygen atoms in total. The second-order valence-electron chi connectivity index (χ2n) is 4.63. The second kappa shape index (κ2) is 5.92. The first kappa shape index (κ1) is 14.3. The summed E-state index contributed by atoms with van der Waals surface area (Å²) in [7, 11) is 0. The van der Waals surface area contributed by atoms with Gasteiger partial charge < -0.3 is 10.0 Å². The van der Waals surface area contributed by atoms with Crippen LogP contribution in [-0.4, -0.2) is 35.0 Å². The Bertz CT molecular complexity index is 521. The number of aliphatic carboxylic acids is 1. The highest BCUT2D eigenvalue weighted by Crippen LogP contribution is 2.26. The zero-order chi connectivity index (χ0) is 14.0. The molecule has 1 atom stereocenters. The number of rotatable bonds is 3. The summed E-state index contributed by atoms with van der Waals surface area (Å²) in [6, 6.07) is 5.04. The smallest absolute Gasteiger partial charge is 0.303 e. The fourth-order valence-corrected chi connectivity index (χ4v) is 2.74. The number of amides is 1. The Kier molecular flexibility index (Phi) is 4.47. The van der Waals surface area contributed by atoms with Crippen molar-refractivity contribution in [1.29, 1.82) is 0 Å². The van der Waals surface area contributed by atoms with E-state index in [2.05, 4.69) is 15.9 Å². The minimum atomic E-state index is -0.812. The van der Waals surface area contributed by atoms with E-state index >= 15 is 0 Å². The van der Waals surface area contributed by atoms with Crippen LogP contribution in [0, 0.1) is 5.92 Å². The molecule has 1 fully saturated rings. The average Bonchev–Trinajstić information content (AvgIpc) is 2.79. The number of likely N-dealkylation sites (tertiary alicyclic amines) is 1. The zero-order valence-corrected chi connectivity index (χ0v) is 12.4. The first-order valence-corrected chi connectivity index (χ1v) is 7.10. The molecular formula is C13H13BrClNO3. The summed E-state index contributed by atoms with van der Waals surface area (Å²) in [4.78, 5) is 24.6. The SMILES string of the molecule is O=C(O)CC1CCN(C(=O)c2ccc(Cl)c(Br)c2)C1. The lowest BCUT2D eigenvalue weighted by atomic mass is 10.1. The quantitative estimate of drug-likeness (QED) is 0.915. The third kappa shape index (κ3) is 3.48. The Morgan fingerprint density at radius 1 is 1.47 bits per heavy atom. The maximum atomic E-state index is 12.3. The largest absolute Gasteiger partial charge is 0.481 e. The number of carbonyl (C=O) groups excluding carboxylic acids is 1. The van der Waals surface area contributed by atoms with Gasteiger partial charge in [-0.2, -0.15) is 0 Å². The van der Waals surface area contributed by atoms with E-state index in [0.29, 0.717) is 28.1 Å². The third-order valence-corrected chi connectivity index (χ3v) is 4.42. The standard InChI is InChI=1S/C13H13BrClNO3/c14-10-6-9(1-2-11(10)15)13(19)16-4-3-8(7-16)5-12(17)18/h1-2,6,8H,3-5,7H2,(H,17,18). The minimum Gasteiger partial charge on any atom is -0.481 e. The molecule has 19 heavy (non-hydrogen) atoms. The first-order chi connectivity index (χ1) is 8.97. The second-order valence-corrected chi connectivity index (χ2v) is 5.89. The molecule has 0 aliphatic carbocycles. The van der Waals surface area contributed by atoms with Crippen molar-refractivity contribution >= 4 is 39.4 Å². The third-order valence-electron chi connectivity index (χ3n) is 3.20. The number of carbonyl (C=O) groups is 2. The van der Waals surface area contributed by atoms with Gasteiger partial charge in [-0.05, 0) is 46.5 Å². The normalized spacial score (nSPS) is 18.6. The fourth-order valence-electron chi connectivity index (χ4n) is 2.24. The topological polar surface area (TPSA) is 57.6 Å². The van der Waals surface area contributed by atoms with E-state index in [1.807, 2.05) is 0 Å². The molecule has 0 spiro atoms. The minimum absolute atomic E-state index is 0.0530. The molecule has 1 aliphatic heterocycles.